The van der Waals surface area contributed by atoms with Crippen LogP contribution >= 0.6 is 0 Å². The lowest BCUT2D eigenvalue weighted by molar-refractivity contribution is -0.143. The van der Waals surface area contributed by atoms with Crippen LogP contribution in [0.2, 0.25) is 0 Å². The van der Waals surface area contributed by atoms with E-state index < -0.39 is 0 Å². The molecule has 0 aliphatic carbocycles. The normalized spacial score (nSPS) is 12.5. The molecular formula is C19H27N3O3. The highest BCUT2D eigenvalue weighted by atomic mass is 16.5. The quantitative estimate of drug-likeness (QED) is 0.688. The molecule has 0 saturated heterocycles. The first-order valence-electron chi connectivity index (χ1n) is 8.92. The van der Waals surface area contributed by atoms with E-state index in [1.165, 1.54) is 0 Å². The fourth-order valence-electron chi connectivity index (χ4n) is 3.09. The minimum atomic E-state index is -0.302. The molecule has 0 saturated carbocycles. The van der Waals surface area contributed by atoms with Crippen molar-refractivity contribution < 1.29 is 9.53 Å². The molecule has 1 heterocycles. The number of esters is 1. The van der Waals surface area contributed by atoms with Crippen LogP contribution in [-0.4, -0.2) is 40.1 Å². The van der Waals surface area contributed by atoms with Crippen LogP contribution in [0.15, 0.2) is 29.1 Å². The summed E-state index contributed by atoms with van der Waals surface area (Å²) < 4.78 is 6.62. The second-order valence-corrected chi connectivity index (χ2v) is 5.90. The molecule has 1 aromatic heterocycles. The molecule has 1 aromatic carbocycles. The Morgan fingerprint density at radius 2 is 1.92 bits per heavy atom. The van der Waals surface area contributed by atoms with E-state index in [0.717, 1.165) is 13.1 Å². The Bertz CT molecular complexity index is 781. The molecule has 6 nitrogen and oxygen atoms in total. The standard InChI is InChI=1S/C19H27N3O3/c1-5-21(6-2)14(4)18-20-16-11-9-8-10-15(16)19(24)22(18)13-12-17(23)25-7-3/h8-11,14H,5-7,12-13H2,1-4H3/t14-/m1/s1. The molecule has 0 aliphatic heterocycles. The molecule has 6 heteroatoms. The van der Waals surface area contributed by atoms with Crippen molar-refractivity contribution in [2.24, 2.45) is 0 Å². The van der Waals surface area contributed by atoms with E-state index >= 15 is 0 Å². The van der Waals surface area contributed by atoms with Gasteiger partial charge in [-0.15, -0.1) is 0 Å². The number of rotatable bonds is 8. The molecule has 0 N–H and O–H groups in total. The lowest BCUT2D eigenvalue weighted by Gasteiger charge is -2.28. The number of ether oxygens (including phenoxy) is 1. The lowest BCUT2D eigenvalue weighted by atomic mass is 10.2. The van der Waals surface area contributed by atoms with Crippen LogP contribution in [0.1, 0.15) is 46.0 Å². The first-order valence-corrected chi connectivity index (χ1v) is 8.92. The van der Waals surface area contributed by atoms with Crippen LogP contribution in [0.5, 0.6) is 0 Å². The first-order chi connectivity index (χ1) is 12.0. The fourth-order valence-corrected chi connectivity index (χ4v) is 3.09. The van der Waals surface area contributed by atoms with Crippen molar-refractivity contribution in [3.8, 4) is 0 Å². The number of fused-ring (bicyclic) bond motifs is 1. The Morgan fingerprint density at radius 1 is 1.24 bits per heavy atom. The van der Waals surface area contributed by atoms with Crippen molar-refractivity contribution in [1.82, 2.24) is 14.5 Å². The van der Waals surface area contributed by atoms with E-state index in [0.29, 0.717) is 23.3 Å². The maximum absolute atomic E-state index is 13.0. The van der Waals surface area contributed by atoms with E-state index in [1.54, 1.807) is 17.6 Å². The van der Waals surface area contributed by atoms with Gasteiger partial charge in [0.05, 0.1) is 30.0 Å². The average Bonchev–Trinajstić information content (AvgIpc) is 2.62. The minimum Gasteiger partial charge on any atom is -0.466 e. The van der Waals surface area contributed by atoms with Crippen molar-refractivity contribution in [2.45, 2.75) is 46.7 Å². The van der Waals surface area contributed by atoms with E-state index in [4.69, 9.17) is 9.72 Å². The zero-order chi connectivity index (χ0) is 18.4. The van der Waals surface area contributed by atoms with Gasteiger partial charge in [0.2, 0.25) is 0 Å². The molecule has 25 heavy (non-hydrogen) atoms. The van der Waals surface area contributed by atoms with Gasteiger partial charge in [0, 0.05) is 6.54 Å². The van der Waals surface area contributed by atoms with Gasteiger partial charge >= 0.3 is 5.97 Å². The first kappa shape index (κ1) is 19.1. The zero-order valence-electron chi connectivity index (χ0n) is 15.5. The highest BCUT2D eigenvalue weighted by molar-refractivity contribution is 5.77. The van der Waals surface area contributed by atoms with Gasteiger partial charge in [0.25, 0.3) is 5.56 Å². The van der Waals surface area contributed by atoms with Crippen molar-refractivity contribution in [2.75, 3.05) is 19.7 Å². The number of carbonyl (C=O) groups excluding carboxylic acids is 1. The average molecular weight is 345 g/mol. The number of hydrogen-bond donors (Lipinski definition) is 0. The van der Waals surface area contributed by atoms with Gasteiger partial charge in [-0.25, -0.2) is 4.98 Å². The summed E-state index contributed by atoms with van der Waals surface area (Å²) in [7, 11) is 0. The van der Waals surface area contributed by atoms with Crippen LogP contribution in [0.25, 0.3) is 10.9 Å². The van der Waals surface area contributed by atoms with Crippen molar-refractivity contribution in [3.05, 3.63) is 40.4 Å². The second kappa shape index (κ2) is 8.76. The van der Waals surface area contributed by atoms with Crippen molar-refractivity contribution in [3.63, 3.8) is 0 Å². The Hall–Kier alpha value is -2.21. The molecule has 0 unspecified atom stereocenters. The van der Waals surface area contributed by atoms with Crippen LogP contribution in [0.3, 0.4) is 0 Å². The minimum absolute atomic E-state index is 0.0190. The summed E-state index contributed by atoms with van der Waals surface area (Å²) in [5.41, 5.74) is 0.581. The SMILES string of the molecule is CCOC(=O)CCn1c([C@@H](C)N(CC)CC)nc2ccccc2c1=O. The topological polar surface area (TPSA) is 64.4 Å². The monoisotopic (exact) mass is 345 g/mol. The predicted molar refractivity (Wildman–Crippen MR) is 98.6 cm³/mol. The maximum Gasteiger partial charge on any atom is 0.307 e. The van der Waals surface area contributed by atoms with E-state index in [-0.39, 0.29) is 30.5 Å². The number of para-hydroxylation sites is 1. The molecule has 1 atom stereocenters. The molecule has 0 aliphatic rings. The number of carbonyl (C=O) groups is 1. The van der Waals surface area contributed by atoms with E-state index in [2.05, 4.69) is 18.7 Å². The Balaban J connectivity index is 2.51. The molecule has 0 amide bonds. The van der Waals surface area contributed by atoms with Gasteiger partial charge in [0.15, 0.2) is 0 Å². The Labute approximate surface area is 148 Å². The van der Waals surface area contributed by atoms with Crippen molar-refractivity contribution >= 4 is 16.9 Å². The van der Waals surface area contributed by atoms with Gasteiger partial charge in [-0.1, -0.05) is 26.0 Å². The summed E-state index contributed by atoms with van der Waals surface area (Å²) in [4.78, 5) is 31.7. The van der Waals surface area contributed by atoms with Crippen LogP contribution in [0, 0.1) is 0 Å². The number of hydrogen-bond acceptors (Lipinski definition) is 5. The van der Waals surface area contributed by atoms with Crippen LogP contribution in [-0.2, 0) is 16.1 Å². The van der Waals surface area contributed by atoms with Gasteiger partial charge in [-0.05, 0) is 39.1 Å². The summed E-state index contributed by atoms with van der Waals surface area (Å²) in [6.45, 7) is 10.3. The number of benzene rings is 1. The summed E-state index contributed by atoms with van der Waals surface area (Å²) in [5.74, 6) is 0.390. The van der Waals surface area contributed by atoms with Crippen molar-refractivity contribution in [1.29, 1.82) is 0 Å². The van der Waals surface area contributed by atoms with Crippen LogP contribution < -0.4 is 5.56 Å². The molecule has 0 spiro atoms. The smallest absolute Gasteiger partial charge is 0.307 e. The number of aromatic nitrogens is 2. The fraction of sp³-hybridized carbons (Fsp3) is 0.526. The summed E-state index contributed by atoms with van der Waals surface area (Å²) in [6.07, 6.45) is 0.158. The third kappa shape index (κ3) is 4.25. The van der Waals surface area contributed by atoms with Gasteiger partial charge in [0.1, 0.15) is 5.82 Å². The molecule has 0 radical (unpaired) electrons. The Kier molecular flexibility index (Phi) is 6.70. The summed E-state index contributed by atoms with van der Waals surface area (Å²) in [6, 6.07) is 7.31. The summed E-state index contributed by atoms with van der Waals surface area (Å²) >= 11 is 0. The van der Waals surface area contributed by atoms with E-state index in [9.17, 15) is 9.59 Å². The summed E-state index contributed by atoms with van der Waals surface area (Å²) in [5, 5.41) is 0.571. The largest absolute Gasteiger partial charge is 0.466 e. The second-order valence-electron chi connectivity index (χ2n) is 5.90. The molecular weight excluding hydrogens is 318 g/mol. The molecule has 2 rings (SSSR count). The molecule has 0 bridgehead atoms. The Morgan fingerprint density at radius 3 is 2.56 bits per heavy atom. The van der Waals surface area contributed by atoms with Gasteiger partial charge in [-0.3, -0.25) is 19.1 Å². The molecule has 0 fully saturated rings. The van der Waals surface area contributed by atoms with Gasteiger partial charge in [-0.2, -0.15) is 0 Å². The molecule has 2 aromatic rings. The van der Waals surface area contributed by atoms with Gasteiger partial charge < -0.3 is 4.74 Å². The predicted octanol–water partition coefficient (Wildman–Crippen LogP) is 2.75. The zero-order valence-corrected chi connectivity index (χ0v) is 15.5. The maximum atomic E-state index is 13.0. The third-order valence-corrected chi connectivity index (χ3v) is 4.47. The highest BCUT2D eigenvalue weighted by Gasteiger charge is 2.21. The van der Waals surface area contributed by atoms with E-state index in [1.807, 2.05) is 25.1 Å². The van der Waals surface area contributed by atoms with Crippen LogP contribution in [0.4, 0.5) is 0 Å². The third-order valence-electron chi connectivity index (χ3n) is 4.47. The highest BCUT2D eigenvalue weighted by Crippen LogP contribution is 2.19. The molecule has 136 valence electrons. The lowest BCUT2D eigenvalue weighted by Crippen LogP contribution is -2.34. The number of nitrogens with zero attached hydrogens (tertiary/aromatic N) is 3.